The Morgan fingerprint density at radius 3 is 2.59 bits per heavy atom. The van der Waals surface area contributed by atoms with E-state index in [4.69, 9.17) is 0 Å². The van der Waals surface area contributed by atoms with E-state index in [1.54, 1.807) is 61.1 Å². The number of hydrogen-bond donors (Lipinski definition) is 3. The molecule has 2 heterocycles. The monoisotopic (exact) mass is 389 g/mol. The Morgan fingerprint density at radius 2 is 1.83 bits per heavy atom. The summed E-state index contributed by atoms with van der Waals surface area (Å²) in [6, 6.07) is 14.4. The molecule has 3 N–H and O–H groups in total. The number of fused-ring (bicyclic) bond motifs is 1. The van der Waals surface area contributed by atoms with Crippen LogP contribution < -0.4 is 16.6 Å². The minimum atomic E-state index is -1.08. The van der Waals surface area contributed by atoms with Crippen LogP contribution in [0, 0.1) is 0 Å². The van der Waals surface area contributed by atoms with Gasteiger partial charge in [-0.15, -0.1) is 0 Å². The van der Waals surface area contributed by atoms with Gasteiger partial charge >= 0.3 is 5.69 Å². The van der Waals surface area contributed by atoms with E-state index in [9.17, 15) is 14.4 Å². The molecule has 0 unspecified atom stereocenters. The third-order valence-electron chi connectivity index (χ3n) is 4.71. The van der Waals surface area contributed by atoms with E-state index in [2.05, 4.69) is 20.3 Å². The van der Waals surface area contributed by atoms with Gasteiger partial charge in [0, 0.05) is 24.9 Å². The molecule has 0 fully saturated rings. The van der Waals surface area contributed by atoms with Crippen LogP contribution in [0.15, 0.2) is 76.7 Å². The predicted molar refractivity (Wildman–Crippen MR) is 109 cm³/mol. The summed E-state index contributed by atoms with van der Waals surface area (Å²) in [6.07, 6.45) is 3.80. The molecule has 1 amide bonds. The van der Waals surface area contributed by atoms with Gasteiger partial charge in [0.2, 0.25) is 5.91 Å². The van der Waals surface area contributed by atoms with Gasteiger partial charge in [0.05, 0.1) is 17.2 Å². The van der Waals surface area contributed by atoms with E-state index in [1.807, 2.05) is 6.07 Å². The Bertz CT molecular complexity index is 1240. The first kappa shape index (κ1) is 18.4. The average Bonchev–Trinajstić information content (AvgIpc) is 3.25. The third kappa shape index (κ3) is 3.73. The summed E-state index contributed by atoms with van der Waals surface area (Å²) in [5.41, 5.74) is 0.718. The van der Waals surface area contributed by atoms with Crippen molar-refractivity contribution in [1.82, 2.24) is 24.8 Å². The number of benzene rings is 2. The Labute approximate surface area is 165 Å². The molecule has 0 saturated heterocycles. The third-order valence-corrected chi connectivity index (χ3v) is 4.71. The van der Waals surface area contributed by atoms with Gasteiger partial charge in [-0.05, 0) is 17.7 Å². The van der Waals surface area contributed by atoms with E-state index < -0.39 is 23.2 Å². The van der Waals surface area contributed by atoms with E-state index >= 15 is 0 Å². The highest BCUT2D eigenvalue weighted by Gasteiger charge is 2.26. The minimum absolute atomic E-state index is 0.338. The van der Waals surface area contributed by atoms with Crippen LogP contribution in [-0.2, 0) is 11.2 Å². The van der Waals surface area contributed by atoms with Crippen molar-refractivity contribution in [2.45, 2.75) is 12.5 Å². The first-order valence-corrected chi connectivity index (χ1v) is 9.18. The van der Waals surface area contributed by atoms with Crippen molar-refractivity contribution in [1.29, 1.82) is 0 Å². The molecule has 0 saturated carbocycles. The number of nitrogens with zero attached hydrogens (tertiary/aromatic N) is 2. The maximum atomic E-state index is 13.1. The van der Waals surface area contributed by atoms with Crippen LogP contribution in [0.4, 0.5) is 0 Å². The number of rotatable bonds is 6. The average molecular weight is 389 g/mol. The van der Waals surface area contributed by atoms with Gasteiger partial charge in [-0.25, -0.2) is 14.3 Å². The maximum Gasteiger partial charge on any atom is 0.329 e. The Hall–Kier alpha value is -3.94. The molecule has 8 nitrogen and oxygen atoms in total. The second-order valence-corrected chi connectivity index (χ2v) is 6.58. The van der Waals surface area contributed by atoms with E-state index in [0.29, 0.717) is 29.4 Å². The number of hydrogen-bond acceptors (Lipinski definition) is 4. The summed E-state index contributed by atoms with van der Waals surface area (Å²) in [7, 11) is 0. The van der Waals surface area contributed by atoms with E-state index in [-0.39, 0.29) is 0 Å². The molecule has 0 radical (unpaired) electrons. The van der Waals surface area contributed by atoms with E-state index in [1.165, 1.54) is 0 Å². The SMILES string of the molecule is O=C(NCCc1cnc[nH]1)[C@H](c1ccccc1)n1c(=O)[nH]c2ccccc2c1=O. The number of carbonyl (C=O) groups is 1. The first-order chi connectivity index (χ1) is 14.1. The molecule has 2 aromatic carbocycles. The van der Waals surface area contributed by atoms with Crippen molar-refractivity contribution >= 4 is 16.8 Å². The topological polar surface area (TPSA) is 113 Å². The second-order valence-electron chi connectivity index (χ2n) is 6.58. The fourth-order valence-corrected chi connectivity index (χ4v) is 3.30. The Kier molecular flexibility index (Phi) is 5.07. The highest BCUT2D eigenvalue weighted by atomic mass is 16.2. The molecule has 29 heavy (non-hydrogen) atoms. The predicted octanol–water partition coefficient (Wildman–Crippen LogP) is 1.36. The fourth-order valence-electron chi connectivity index (χ4n) is 3.30. The van der Waals surface area contributed by atoms with Crippen molar-refractivity contribution in [3.63, 3.8) is 0 Å². The molecule has 8 heteroatoms. The Morgan fingerprint density at radius 1 is 1.07 bits per heavy atom. The number of carbonyl (C=O) groups excluding carboxylic acids is 1. The zero-order chi connectivity index (χ0) is 20.2. The lowest BCUT2D eigenvalue weighted by molar-refractivity contribution is -0.123. The van der Waals surface area contributed by atoms with Crippen molar-refractivity contribution in [2.24, 2.45) is 0 Å². The summed E-state index contributed by atoms with van der Waals surface area (Å²) in [6.45, 7) is 0.338. The first-order valence-electron chi connectivity index (χ1n) is 9.18. The fraction of sp³-hybridized carbons (Fsp3) is 0.143. The molecule has 0 aliphatic heterocycles. The standard InChI is InChI=1S/C21H19N5O3/c27-19(23-11-10-15-12-22-13-24-15)18(14-6-2-1-3-7-14)26-20(28)16-8-4-5-9-17(16)25-21(26)29/h1-9,12-13,18H,10-11H2,(H,22,24)(H,23,27)(H,25,29)/t18-/m0/s1. The molecule has 0 bridgehead atoms. The van der Waals surface area contributed by atoms with Crippen LogP contribution in [0.5, 0.6) is 0 Å². The molecule has 4 rings (SSSR count). The van der Waals surface area contributed by atoms with Gasteiger partial charge in [-0.3, -0.25) is 9.59 Å². The number of amides is 1. The molecule has 0 spiro atoms. The van der Waals surface area contributed by atoms with E-state index in [0.717, 1.165) is 10.3 Å². The number of H-pyrrole nitrogens is 2. The zero-order valence-electron chi connectivity index (χ0n) is 15.5. The zero-order valence-corrected chi connectivity index (χ0v) is 15.5. The number of aromatic amines is 2. The summed E-state index contributed by atoms with van der Waals surface area (Å²) >= 11 is 0. The number of nitrogens with one attached hydrogen (secondary N) is 3. The highest BCUT2D eigenvalue weighted by Crippen LogP contribution is 2.16. The quantitative estimate of drug-likeness (QED) is 0.462. The lowest BCUT2D eigenvalue weighted by atomic mass is 10.1. The van der Waals surface area contributed by atoms with Crippen molar-refractivity contribution in [3.8, 4) is 0 Å². The number of aromatic nitrogens is 4. The normalized spacial score (nSPS) is 12.0. The minimum Gasteiger partial charge on any atom is -0.354 e. The molecule has 0 aliphatic carbocycles. The van der Waals surface area contributed by atoms with Crippen LogP contribution in [-0.4, -0.2) is 32.0 Å². The number of imidazole rings is 1. The van der Waals surface area contributed by atoms with Crippen LogP contribution in [0.25, 0.3) is 10.9 Å². The van der Waals surface area contributed by atoms with Crippen molar-refractivity contribution < 1.29 is 4.79 Å². The molecule has 0 aliphatic rings. The lowest BCUT2D eigenvalue weighted by Crippen LogP contribution is -2.45. The smallest absolute Gasteiger partial charge is 0.329 e. The Balaban J connectivity index is 1.74. The molecule has 1 atom stereocenters. The summed E-state index contributed by atoms with van der Waals surface area (Å²) in [5.74, 6) is -0.432. The molecular weight excluding hydrogens is 370 g/mol. The van der Waals surface area contributed by atoms with Crippen molar-refractivity contribution in [3.05, 3.63) is 99.2 Å². The molecular formula is C21H19N5O3. The maximum absolute atomic E-state index is 13.1. The summed E-state index contributed by atoms with van der Waals surface area (Å²) in [4.78, 5) is 48.5. The number of para-hydroxylation sites is 1. The highest BCUT2D eigenvalue weighted by molar-refractivity contribution is 5.84. The second kappa shape index (κ2) is 7.97. The summed E-state index contributed by atoms with van der Waals surface area (Å²) < 4.78 is 0.975. The molecule has 2 aromatic heterocycles. The largest absolute Gasteiger partial charge is 0.354 e. The summed E-state index contributed by atoms with van der Waals surface area (Å²) in [5, 5.41) is 3.17. The van der Waals surface area contributed by atoms with Crippen LogP contribution >= 0.6 is 0 Å². The lowest BCUT2D eigenvalue weighted by Gasteiger charge is -2.19. The molecule has 4 aromatic rings. The van der Waals surface area contributed by atoms with Crippen LogP contribution in [0.2, 0.25) is 0 Å². The van der Waals surface area contributed by atoms with Gasteiger partial charge in [-0.2, -0.15) is 0 Å². The van der Waals surface area contributed by atoms with Gasteiger partial charge in [-0.1, -0.05) is 42.5 Å². The van der Waals surface area contributed by atoms with Gasteiger partial charge in [0.15, 0.2) is 0 Å². The van der Waals surface area contributed by atoms with Crippen LogP contribution in [0.1, 0.15) is 17.3 Å². The molecule has 146 valence electrons. The van der Waals surface area contributed by atoms with Crippen LogP contribution in [0.3, 0.4) is 0 Å². The van der Waals surface area contributed by atoms with Gasteiger partial charge < -0.3 is 15.3 Å². The van der Waals surface area contributed by atoms with Crippen molar-refractivity contribution in [2.75, 3.05) is 6.54 Å². The van der Waals surface area contributed by atoms with Gasteiger partial charge in [0.1, 0.15) is 6.04 Å². The van der Waals surface area contributed by atoms with Gasteiger partial charge in [0.25, 0.3) is 5.56 Å².